The SMILES string of the molecule is CC1CCc2nc(NC(=O)c3ccc(S(=O)(=O)N(Cc4ccccc4)C(C)C)cc3)sc2C1. The minimum absolute atomic E-state index is 0.169. The number of aryl methyl sites for hydroxylation is 1. The minimum atomic E-state index is -3.72. The van der Waals surface area contributed by atoms with E-state index in [1.807, 2.05) is 44.2 Å². The highest BCUT2D eigenvalue weighted by atomic mass is 32.2. The van der Waals surface area contributed by atoms with Crippen LogP contribution in [-0.4, -0.2) is 29.7 Å². The summed E-state index contributed by atoms with van der Waals surface area (Å²) in [5.41, 5.74) is 2.41. The van der Waals surface area contributed by atoms with E-state index in [-0.39, 0.29) is 23.4 Å². The molecule has 33 heavy (non-hydrogen) atoms. The van der Waals surface area contributed by atoms with Gasteiger partial charge in [-0.2, -0.15) is 4.31 Å². The second kappa shape index (κ2) is 9.75. The number of anilines is 1. The van der Waals surface area contributed by atoms with E-state index in [9.17, 15) is 13.2 Å². The van der Waals surface area contributed by atoms with E-state index in [1.165, 1.54) is 32.7 Å². The van der Waals surface area contributed by atoms with Crippen molar-refractivity contribution in [3.8, 4) is 0 Å². The van der Waals surface area contributed by atoms with E-state index in [0.29, 0.717) is 16.6 Å². The molecule has 0 saturated heterocycles. The highest BCUT2D eigenvalue weighted by Crippen LogP contribution is 2.32. The fourth-order valence-electron chi connectivity index (χ4n) is 3.98. The van der Waals surface area contributed by atoms with Gasteiger partial charge in [-0.1, -0.05) is 37.3 Å². The zero-order chi connectivity index (χ0) is 23.6. The normalized spacial score (nSPS) is 16.1. The molecule has 1 heterocycles. The molecular weight excluding hydrogens is 454 g/mol. The number of nitrogens with zero attached hydrogens (tertiary/aromatic N) is 2. The summed E-state index contributed by atoms with van der Waals surface area (Å²) in [5, 5.41) is 3.47. The topological polar surface area (TPSA) is 79.4 Å². The number of amides is 1. The van der Waals surface area contributed by atoms with Crippen LogP contribution in [0.2, 0.25) is 0 Å². The second-order valence-electron chi connectivity index (χ2n) is 8.84. The average molecular weight is 484 g/mol. The molecular formula is C25H29N3O3S2. The standard InChI is InChI=1S/C25H29N3O3S2/c1-17(2)28(16-19-7-5-4-6-8-19)33(30,31)21-12-10-20(11-13-21)24(29)27-25-26-22-14-9-18(3)15-23(22)32-25/h4-8,10-13,17-18H,9,14-16H2,1-3H3,(H,26,27,29). The van der Waals surface area contributed by atoms with Crippen molar-refractivity contribution in [2.45, 2.75) is 57.5 Å². The molecule has 1 N–H and O–H groups in total. The van der Waals surface area contributed by atoms with Crippen LogP contribution in [0.1, 0.15) is 53.7 Å². The van der Waals surface area contributed by atoms with Crippen LogP contribution in [0.5, 0.6) is 0 Å². The molecule has 1 aliphatic rings. The first-order chi connectivity index (χ1) is 15.7. The molecule has 4 rings (SSSR count). The van der Waals surface area contributed by atoms with Crippen LogP contribution in [0.25, 0.3) is 0 Å². The number of nitrogens with one attached hydrogen (secondary N) is 1. The van der Waals surface area contributed by atoms with Crippen LogP contribution in [0, 0.1) is 5.92 Å². The summed E-state index contributed by atoms with van der Waals surface area (Å²) in [5.74, 6) is 0.353. The molecule has 3 aromatic rings. The third-order valence-electron chi connectivity index (χ3n) is 5.89. The van der Waals surface area contributed by atoms with Crippen molar-refractivity contribution >= 4 is 32.4 Å². The lowest BCUT2D eigenvalue weighted by Gasteiger charge is -2.26. The van der Waals surface area contributed by atoms with Crippen molar-refractivity contribution in [3.05, 3.63) is 76.3 Å². The Hall–Kier alpha value is -2.55. The molecule has 0 bridgehead atoms. The van der Waals surface area contributed by atoms with Gasteiger partial charge in [0.2, 0.25) is 10.0 Å². The zero-order valence-corrected chi connectivity index (χ0v) is 20.7. The molecule has 0 spiro atoms. The Bertz CT molecular complexity index is 1220. The van der Waals surface area contributed by atoms with E-state index < -0.39 is 10.0 Å². The number of hydrogen-bond acceptors (Lipinski definition) is 5. The molecule has 174 valence electrons. The van der Waals surface area contributed by atoms with Gasteiger partial charge < -0.3 is 0 Å². The highest BCUT2D eigenvalue weighted by molar-refractivity contribution is 7.89. The molecule has 0 fully saturated rings. The van der Waals surface area contributed by atoms with Crippen LogP contribution < -0.4 is 5.32 Å². The Kier molecular flexibility index (Phi) is 6.97. The van der Waals surface area contributed by atoms with Gasteiger partial charge in [-0.05, 0) is 68.9 Å². The van der Waals surface area contributed by atoms with E-state index >= 15 is 0 Å². The summed E-state index contributed by atoms with van der Waals surface area (Å²) >= 11 is 1.53. The van der Waals surface area contributed by atoms with Crippen molar-refractivity contribution in [3.63, 3.8) is 0 Å². The number of thiazole rings is 1. The molecule has 1 atom stereocenters. The van der Waals surface area contributed by atoms with Crippen molar-refractivity contribution in [1.29, 1.82) is 0 Å². The Morgan fingerprint density at radius 3 is 2.52 bits per heavy atom. The molecule has 0 saturated carbocycles. The first-order valence-corrected chi connectivity index (χ1v) is 13.5. The number of fused-ring (bicyclic) bond motifs is 1. The maximum atomic E-state index is 13.3. The predicted molar refractivity (Wildman–Crippen MR) is 132 cm³/mol. The Morgan fingerprint density at radius 1 is 1.15 bits per heavy atom. The Morgan fingerprint density at radius 2 is 1.85 bits per heavy atom. The van der Waals surface area contributed by atoms with Crippen molar-refractivity contribution in [2.24, 2.45) is 5.92 Å². The average Bonchev–Trinajstić information content (AvgIpc) is 3.19. The fourth-order valence-corrected chi connectivity index (χ4v) is 6.78. The van der Waals surface area contributed by atoms with Crippen molar-refractivity contribution < 1.29 is 13.2 Å². The maximum absolute atomic E-state index is 13.3. The summed E-state index contributed by atoms with van der Waals surface area (Å²) in [7, 11) is -3.72. The number of rotatable bonds is 7. The number of benzene rings is 2. The van der Waals surface area contributed by atoms with E-state index in [1.54, 1.807) is 12.1 Å². The van der Waals surface area contributed by atoms with Gasteiger partial charge in [-0.3, -0.25) is 10.1 Å². The molecule has 1 aromatic heterocycles. The van der Waals surface area contributed by atoms with Gasteiger partial charge in [0.25, 0.3) is 5.91 Å². The van der Waals surface area contributed by atoms with Gasteiger partial charge in [-0.25, -0.2) is 13.4 Å². The van der Waals surface area contributed by atoms with E-state index in [4.69, 9.17) is 0 Å². The Balaban J connectivity index is 1.49. The number of aromatic nitrogens is 1. The number of hydrogen-bond donors (Lipinski definition) is 1. The third kappa shape index (κ3) is 5.34. The summed E-state index contributed by atoms with van der Waals surface area (Å²) in [4.78, 5) is 18.7. The predicted octanol–water partition coefficient (Wildman–Crippen LogP) is 5.12. The van der Waals surface area contributed by atoms with Crippen molar-refractivity contribution in [2.75, 3.05) is 5.32 Å². The molecule has 1 aliphatic carbocycles. The van der Waals surface area contributed by atoms with Crippen LogP contribution in [-0.2, 0) is 29.4 Å². The first kappa shape index (κ1) is 23.6. The minimum Gasteiger partial charge on any atom is -0.298 e. The van der Waals surface area contributed by atoms with Crippen LogP contribution >= 0.6 is 11.3 Å². The van der Waals surface area contributed by atoms with Gasteiger partial charge in [0.1, 0.15) is 0 Å². The van der Waals surface area contributed by atoms with E-state index in [2.05, 4.69) is 17.2 Å². The smallest absolute Gasteiger partial charge is 0.257 e. The molecule has 1 amide bonds. The summed E-state index contributed by atoms with van der Waals surface area (Å²) < 4.78 is 28.1. The first-order valence-electron chi connectivity index (χ1n) is 11.2. The summed E-state index contributed by atoms with van der Waals surface area (Å²) in [6, 6.07) is 15.4. The summed E-state index contributed by atoms with van der Waals surface area (Å²) in [6.07, 6.45) is 3.08. The lowest BCUT2D eigenvalue weighted by Crippen LogP contribution is -2.36. The van der Waals surface area contributed by atoms with Gasteiger partial charge in [0.05, 0.1) is 10.6 Å². The quantitative estimate of drug-likeness (QED) is 0.506. The number of carbonyl (C=O) groups is 1. The molecule has 2 aromatic carbocycles. The Labute approximate surface area is 199 Å². The van der Waals surface area contributed by atoms with Gasteiger partial charge in [0.15, 0.2) is 5.13 Å². The summed E-state index contributed by atoms with van der Waals surface area (Å²) in [6.45, 7) is 6.24. The van der Waals surface area contributed by atoms with Gasteiger partial charge in [-0.15, -0.1) is 11.3 Å². The maximum Gasteiger partial charge on any atom is 0.257 e. The second-order valence-corrected chi connectivity index (χ2v) is 11.8. The molecule has 0 radical (unpaired) electrons. The van der Waals surface area contributed by atoms with Gasteiger partial charge >= 0.3 is 0 Å². The third-order valence-corrected chi connectivity index (χ3v) is 8.96. The van der Waals surface area contributed by atoms with Crippen molar-refractivity contribution in [1.82, 2.24) is 9.29 Å². The lowest BCUT2D eigenvalue weighted by atomic mass is 9.93. The number of sulfonamides is 1. The molecule has 0 aliphatic heterocycles. The molecule has 6 nitrogen and oxygen atoms in total. The van der Waals surface area contributed by atoms with E-state index in [0.717, 1.165) is 30.5 Å². The van der Waals surface area contributed by atoms with Gasteiger partial charge in [0, 0.05) is 23.0 Å². The highest BCUT2D eigenvalue weighted by Gasteiger charge is 2.27. The van der Waals surface area contributed by atoms with Crippen LogP contribution in [0.3, 0.4) is 0 Å². The van der Waals surface area contributed by atoms with Crippen LogP contribution in [0.4, 0.5) is 5.13 Å². The molecule has 8 heteroatoms. The van der Waals surface area contributed by atoms with Crippen LogP contribution in [0.15, 0.2) is 59.5 Å². The zero-order valence-electron chi connectivity index (χ0n) is 19.1. The number of carbonyl (C=O) groups excluding carboxylic acids is 1. The lowest BCUT2D eigenvalue weighted by molar-refractivity contribution is 0.102. The molecule has 1 unspecified atom stereocenters. The fraction of sp³-hybridized carbons (Fsp3) is 0.360. The monoisotopic (exact) mass is 483 g/mol. The largest absolute Gasteiger partial charge is 0.298 e.